The number of nitrogens with zero attached hydrogens (tertiary/aromatic N) is 3. The van der Waals surface area contributed by atoms with Gasteiger partial charge in [0.1, 0.15) is 12.0 Å². The molecule has 124 valence electrons. The summed E-state index contributed by atoms with van der Waals surface area (Å²) in [5, 5.41) is 1.11. The highest BCUT2D eigenvalue weighted by Crippen LogP contribution is 2.28. The molecule has 0 saturated heterocycles. The Balaban J connectivity index is 1.99. The maximum absolute atomic E-state index is 13.0. The Labute approximate surface area is 141 Å². The molecule has 0 spiro atoms. The molecular weight excluding hydrogens is 300 g/mol. The first-order valence-electron chi connectivity index (χ1n) is 8.02. The maximum atomic E-state index is 13.0. The molecule has 1 N–H and O–H groups in total. The second-order valence-corrected chi connectivity index (χ2v) is 6.36. The van der Waals surface area contributed by atoms with E-state index in [0.717, 1.165) is 27.7 Å². The van der Waals surface area contributed by atoms with E-state index in [1.54, 1.807) is 18.1 Å². The highest BCUT2D eigenvalue weighted by Gasteiger charge is 2.24. The van der Waals surface area contributed by atoms with E-state index < -0.39 is 0 Å². The number of aryl methyl sites for hydroxylation is 3. The zero-order chi connectivity index (χ0) is 17.4. The van der Waals surface area contributed by atoms with Gasteiger partial charge in [-0.3, -0.25) is 4.79 Å². The number of rotatable bonds is 3. The first-order chi connectivity index (χ1) is 11.4. The van der Waals surface area contributed by atoms with Gasteiger partial charge < -0.3 is 9.88 Å². The molecule has 24 heavy (non-hydrogen) atoms. The fourth-order valence-corrected chi connectivity index (χ4v) is 3.10. The van der Waals surface area contributed by atoms with E-state index >= 15 is 0 Å². The lowest BCUT2D eigenvalue weighted by Crippen LogP contribution is -2.30. The lowest BCUT2D eigenvalue weighted by molar-refractivity contribution is 0.0734. The number of amides is 1. The number of carbonyl (C=O) groups excluding carboxylic acids is 1. The van der Waals surface area contributed by atoms with Crippen molar-refractivity contribution in [2.24, 2.45) is 0 Å². The molecule has 2 heterocycles. The fraction of sp³-hybridized carbons (Fsp3) is 0.316. The van der Waals surface area contributed by atoms with Crippen molar-refractivity contribution in [1.82, 2.24) is 19.9 Å². The van der Waals surface area contributed by atoms with E-state index in [2.05, 4.69) is 40.9 Å². The average Bonchev–Trinajstić information content (AvgIpc) is 2.91. The molecule has 0 aliphatic heterocycles. The molecular formula is C19H22N4O. The normalized spacial score (nSPS) is 12.4. The zero-order valence-electron chi connectivity index (χ0n) is 14.7. The van der Waals surface area contributed by atoms with Crippen molar-refractivity contribution in [2.75, 3.05) is 7.05 Å². The van der Waals surface area contributed by atoms with Crippen molar-refractivity contribution in [1.29, 1.82) is 0 Å². The van der Waals surface area contributed by atoms with Crippen LogP contribution in [-0.4, -0.2) is 32.8 Å². The van der Waals surface area contributed by atoms with Gasteiger partial charge in [-0.25, -0.2) is 9.97 Å². The molecule has 1 amide bonds. The molecule has 0 radical (unpaired) electrons. The molecule has 3 rings (SSSR count). The summed E-state index contributed by atoms with van der Waals surface area (Å²) >= 11 is 0. The largest absolute Gasteiger partial charge is 0.350 e. The van der Waals surface area contributed by atoms with Crippen LogP contribution in [0.3, 0.4) is 0 Å². The number of carbonyl (C=O) groups is 1. The van der Waals surface area contributed by atoms with Gasteiger partial charge in [0, 0.05) is 24.1 Å². The van der Waals surface area contributed by atoms with Gasteiger partial charge in [-0.15, -0.1) is 0 Å². The Hall–Kier alpha value is -2.69. The van der Waals surface area contributed by atoms with Crippen LogP contribution in [0.4, 0.5) is 0 Å². The summed E-state index contributed by atoms with van der Waals surface area (Å²) in [6.07, 6.45) is 3.20. The predicted molar refractivity (Wildman–Crippen MR) is 95.1 cm³/mol. The van der Waals surface area contributed by atoms with Crippen LogP contribution in [-0.2, 0) is 0 Å². The van der Waals surface area contributed by atoms with Gasteiger partial charge in [-0.2, -0.15) is 0 Å². The lowest BCUT2D eigenvalue weighted by Gasteiger charge is -2.24. The van der Waals surface area contributed by atoms with Gasteiger partial charge in [0.05, 0.1) is 11.7 Å². The summed E-state index contributed by atoms with van der Waals surface area (Å²) in [7, 11) is 1.80. The minimum absolute atomic E-state index is 0.0353. The molecule has 0 bridgehead atoms. The Kier molecular flexibility index (Phi) is 4.09. The van der Waals surface area contributed by atoms with Crippen LogP contribution in [0.5, 0.6) is 0 Å². The number of benzene rings is 1. The van der Waals surface area contributed by atoms with Crippen molar-refractivity contribution in [3.63, 3.8) is 0 Å². The second-order valence-electron chi connectivity index (χ2n) is 6.36. The summed E-state index contributed by atoms with van der Waals surface area (Å²) in [4.78, 5) is 26.2. The Morgan fingerprint density at radius 1 is 1.25 bits per heavy atom. The predicted octanol–water partition coefficient (Wildman–Crippen LogP) is 3.72. The van der Waals surface area contributed by atoms with Crippen LogP contribution in [0, 0.1) is 20.8 Å². The Bertz CT molecular complexity index is 899. The SMILES string of the molecule is Cc1cc(C)c2[nH]c(C(=O)N(C)[C@@H](C)c3ccncn3)c(C)c2c1. The van der Waals surface area contributed by atoms with Gasteiger partial charge in [0.15, 0.2) is 0 Å². The Morgan fingerprint density at radius 3 is 2.67 bits per heavy atom. The number of nitrogens with one attached hydrogen (secondary N) is 1. The van der Waals surface area contributed by atoms with E-state index in [1.807, 2.05) is 19.9 Å². The molecule has 5 heteroatoms. The van der Waals surface area contributed by atoms with Gasteiger partial charge in [0.25, 0.3) is 5.91 Å². The van der Waals surface area contributed by atoms with Crippen LogP contribution >= 0.6 is 0 Å². The third-order valence-corrected chi connectivity index (χ3v) is 4.66. The maximum Gasteiger partial charge on any atom is 0.270 e. The van der Waals surface area contributed by atoms with Crippen molar-refractivity contribution in [3.8, 4) is 0 Å². The Morgan fingerprint density at radius 2 is 2.00 bits per heavy atom. The number of H-pyrrole nitrogens is 1. The van der Waals surface area contributed by atoms with Crippen molar-refractivity contribution in [3.05, 3.63) is 58.8 Å². The number of hydrogen-bond acceptors (Lipinski definition) is 3. The smallest absolute Gasteiger partial charge is 0.270 e. The van der Waals surface area contributed by atoms with Gasteiger partial charge >= 0.3 is 0 Å². The number of aromatic nitrogens is 3. The highest BCUT2D eigenvalue weighted by atomic mass is 16.2. The lowest BCUT2D eigenvalue weighted by atomic mass is 10.1. The second kappa shape index (κ2) is 6.07. The third kappa shape index (κ3) is 2.66. The topological polar surface area (TPSA) is 61.9 Å². The summed E-state index contributed by atoms with van der Waals surface area (Å²) in [5.41, 5.74) is 5.83. The molecule has 0 saturated carbocycles. The van der Waals surface area contributed by atoms with E-state index in [1.165, 1.54) is 11.9 Å². The van der Waals surface area contributed by atoms with Crippen molar-refractivity contribution < 1.29 is 4.79 Å². The summed E-state index contributed by atoms with van der Waals surface area (Å²) < 4.78 is 0. The molecule has 0 aliphatic carbocycles. The van der Waals surface area contributed by atoms with Crippen LogP contribution in [0.15, 0.2) is 30.7 Å². The van der Waals surface area contributed by atoms with Crippen molar-refractivity contribution in [2.45, 2.75) is 33.7 Å². The molecule has 3 aromatic rings. The third-order valence-electron chi connectivity index (χ3n) is 4.66. The standard InChI is InChI=1S/C19H22N4O/c1-11-8-12(2)17-15(9-11)13(3)18(22-17)19(24)23(5)14(4)16-6-7-20-10-21-16/h6-10,14,22H,1-5H3/t14-/m0/s1. The summed E-state index contributed by atoms with van der Waals surface area (Å²) in [6.45, 7) is 8.10. The minimum atomic E-state index is -0.130. The van der Waals surface area contributed by atoms with Gasteiger partial charge in [-0.05, 0) is 51.0 Å². The van der Waals surface area contributed by atoms with Crippen LogP contribution in [0.25, 0.3) is 10.9 Å². The summed E-state index contributed by atoms with van der Waals surface area (Å²) in [6, 6.07) is 5.95. The molecule has 2 aromatic heterocycles. The highest BCUT2D eigenvalue weighted by molar-refractivity contribution is 6.01. The van der Waals surface area contributed by atoms with Crippen LogP contribution < -0.4 is 0 Å². The molecule has 1 atom stereocenters. The van der Waals surface area contributed by atoms with E-state index in [9.17, 15) is 4.79 Å². The van der Waals surface area contributed by atoms with Crippen LogP contribution in [0.1, 0.15) is 45.8 Å². The molecule has 0 fully saturated rings. The molecule has 0 unspecified atom stereocenters. The average molecular weight is 322 g/mol. The first kappa shape index (κ1) is 16.2. The van der Waals surface area contributed by atoms with E-state index in [-0.39, 0.29) is 11.9 Å². The van der Waals surface area contributed by atoms with Gasteiger partial charge in [-0.1, -0.05) is 11.6 Å². The van der Waals surface area contributed by atoms with Crippen molar-refractivity contribution >= 4 is 16.8 Å². The fourth-order valence-electron chi connectivity index (χ4n) is 3.10. The van der Waals surface area contributed by atoms with Crippen LogP contribution in [0.2, 0.25) is 0 Å². The quantitative estimate of drug-likeness (QED) is 0.799. The number of hydrogen-bond donors (Lipinski definition) is 1. The first-order valence-corrected chi connectivity index (χ1v) is 8.02. The molecule has 0 aliphatic rings. The van der Waals surface area contributed by atoms with E-state index in [0.29, 0.717) is 5.69 Å². The number of aromatic amines is 1. The summed E-state index contributed by atoms with van der Waals surface area (Å²) in [5.74, 6) is -0.0353. The monoisotopic (exact) mass is 322 g/mol. The van der Waals surface area contributed by atoms with E-state index in [4.69, 9.17) is 0 Å². The zero-order valence-corrected chi connectivity index (χ0v) is 14.7. The molecule has 1 aromatic carbocycles. The number of fused-ring (bicyclic) bond motifs is 1. The van der Waals surface area contributed by atoms with Gasteiger partial charge in [0.2, 0.25) is 0 Å². The molecule has 5 nitrogen and oxygen atoms in total. The minimum Gasteiger partial charge on any atom is -0.350 e.